The van der Waals surface area contributed by atoms with Crippen molar-refractivity contribution in [3.05, 3.63) is 98.3 Å². The Morgan fingerprint density at radius 2 is 1.71 bits per heavy atom. The molecule has 0 saturated carbocycles. The van der Waals surface area contributed by atoms with Gasteiger partial charge in [0, 0.05) is 18.0 Å². The lowest BCUT2D eigenvalue weighted by molar-refractivity contribution is 0.572. The Labute approximate surface area is 136 Å². The fraction of sp³-hybridized carbons (Fsp3) is 0.111. The van der Waals surface area contributed by atoms with Gasteiger partial charge in [0.2, 0.25) is 0 Å². The molecule has 0 unspecified atom stereocenters. The van der Waals surface area contributed by atoms with Crippen molar-refractivity contribution < 1.29 is 8.78 Å². The Kier molecular flexibility index (Phi) is 4.12. The predicted molar refractivity (Wildman–Crippen MR) is 86.5 cm³/mol. The maximum atomic E-state index is 13.7. The van der Waals surface area contributed by atoms with Crippen LogP contribution in [0.2, 0.25) is 0 Å². The molecule has 3 rings (SSSR count). The quantitative estimate of drug-likeness (QED) is 0.694. The van der Waals surface area contributed by atoms with Crippen molar-refractivity contribution in [1.29, 1.82) is 0 Å². The minimum absolute atomic E-state index is 0.00476. The summed E-state index contributed by atoms with van der Waals surface area (Å²) < 4.78 is 29.3. The second-order valence-corrected chi connectivity index (χ2v) is 5.43. The van der Waals surface area contributed by atoms with Gasteiger partial charge in [0.1, 0.15) is 11.6 Å². The van der Waals surface area contributed by atoms with Crippen LogP contribution < -0.4 is 11.1 Å². The third-order valence-corrected chi connectivity index (χ3v) is 3.78. The Hall–Kier alpha value is -3.02. The summed E-state index contributed by atoms with van der Waals surface area (Å²) in [5.74, 6) is -1.24. The monoisotopic (exact) mass is 328 g/mol. The summed E-state index contributed by atoms with van der Waals surface area (Å²) in [4.78, 5) is 24.6. The molecule has 122 valence electrons. The van der Waals surface area contributed by atoms with E-state index in [0.717, 1.165) is 28.3 Å². The number of nitrogens with zero attached hydrogens (tertiary/aromatic N) is 2. The maximum Gasteiger partial charge on any atom is 0.320 e. The average molecular weight is 328 g/mol. The molecule has 2 aromatic carbocycles. The van der Waals surface area contributed by atoms with Crippen LogP contribution in [0, 0.1) is 18.6 Å². The van der Waals surface area contributed by atoms with Crippen LogP contribution in [0.4, 0.5) is 8.78 Å². The predicted octanol–water partition coefficient (Wildman–Crippen LogP) is 2.63. The first kappa shape index (κ1) is 15.9. The van der Waals surface area contributed by atoms with Gasteiger partial charge in [-0.1, -0.05) is 18.2 Å². The summed E-state index contributed by atoms with van der Waals surface area (Å²) in [5.41, 5.74) is -0.102. The summed E-state index contributed by atoms with van der Waals surface area (Å²) in [6.07, 6.45) is 2.84. The molecule has 1 heterocycles. The van der Waals surface area contributed by atoms with Gasteiger partial charge in [-0.25, -0.2) is 8.78 Å². The first-order valence-corrected chi connectivity index (χ1v) is 7.29. The smallest absolute Gasteiger partial charge is 0.305 e. The number of aromatic nitrogens is 2. The normalized spacial score (nSPS) is 10.8. The highest BCUT2D eigenvalue weighted by Crippen LogP contribution is 2.12. The average Bonchev–Trinajstić information content (AvgIpc) is 2.56. The minimum atomic E-state index is -0.801. The lowest BCUT2D eigenvalue weighted by Crippen LogP contribution is -2.40. The van der Waals surface area contributed by atoms with Gasteiger partial charge >= 0.3 is 11.1 Å². The van der Waals surface area contributed by atoms with Gasteiger partial charge in [-0.2, -0.15) is 0 Å². The Morgan fingerprint density at radius 1 is 0.958 bits per heavy atom. The van der Waals surface area contributed by atoms with Crippen LogP contribution >= 0.6 is 0 Å². The molecule has 4 nitrogen and oxygen atoms in total. The van der Waals surface area contributed by atoms with Crippen molar-refractivity contribution >= 4 is 0 Å². The van der Waals surface area contributed by atoms with E-state index in [0.29, 0.717) is 5.69 Å². The molecule has 24 heavy (non-hydrogen) atoms. The maximum absolute atomic E-state index is 13.7. The van der Waals surface area contributed by atoms with Crippen LogP contribution in [-0.2, 0) is 6.54 Å². The van der Waals surface area contributed by atoms with Crippen molar-refractivity contribution in [3.8, 4) is 5.69 Å². The van der Waals surface area contributed by atoms with Crippen molar-refractivity contribution in [2.24, 2.45) is 0 Å². The lowest BCUT2D eigenvalue weighted by Gasteiger charge is -2.11. The second kappa shape index (κ2) is 6.23. The number of aryl methyl sites for hydroxylation is 1. The summed E-state index contributed by atoms with van der Waals surface area (Å²) in [5, 5.41) is 0. The summed E-state index contributed by atoms with van der Waals surface area (Å²) in [7, 11) is 0. The van der Waals surface area contributed by atoms with Gasteiger partial charge in [0.25, 0.3) is 0 Å². The van der Waals surface area contributed by atoms with Crippen molar-refractivity contribution in [2.75, 3.05) is 0 Å². The van der Waals surface area contributed by atoms with Gasteiger partial charge in [-0.15, -0.1) is 0 Å². The Balaban J connectivity index is 2.06. The van der Waals surface area contributed by atoms with Crippen LogP contribution in [0.1, 0.15) is 11.1 Å². The number of hydrogen-bond acceptors (Lipinski definition) is 2. The van der Waals surface area contributed by atoms with Crippen molar-refractivity contribution in [3.63, 3.8) is 0 Å². The van der Waals surface area contributed by atoms with E-state index in [2.05, 4.69) is 0 Å². The molecule has 0 bridgehead atoms. The van der Waals surface area contributed by atoms with Crippen LogP contribution in [-0.4, -0.2) is 9.13 Å². The highest BCUT2D eigenvalue weighted by Gasteiger charge is 2.11. The molecule has 0 aliphatic carbocycles. The molecule has 6 heteroatoms. The van der Waals surface area contributed by atoms with E-state index >= 15 is 0 Å². The molecular formula is C18H14F2N2O2. The molecule has 0 N–H and O–H groups in total. The minimum Gasteiger partial charge on any atom is -0.305 e. The van der Waals surface area contributed by atoms with E-state index in [1.165, 1.54) is 17.0 Å². The number of benzene rings is 2. The second-order valence-electron chi connectivity index (χ2n) is 5.43. The topological polar surface area (TPSA) is 44.0 Å². The van der Waals surface area contributed by atoms with E-state index in [1.54, 1.807) is 12.1 Å². The van der Waals surface area contributed by atoms with Crippen molar-refractivity contribution in [1.82, 2.24) is 9.13 Å². The molecule has 0 spiro atoms. The fourth-order valence-corrected chi connectivity index (χ4v) is 2.50. The molecule has 0 aliphatic heterocycles. The van der Waals surface area contributed by atoms with E-state index < -0.39 is 22.8 Å². The van der Waals surface area contributed by atoms with Crippen LogP contribution in [0.15, 0.2) is 64.4 Å². The van der Waals surface area contributed by atoms with E-state index in [1.807, 2.05) is 19.1 Å². The summed E-state index contributed by atoms with van der Waals surface area (Å²) >= 11 is 0. The van der Waals surface area contributed by atoms with Gasteiger partial charge < -0.3 is 4.57 Å². The SMILES string of the molecule is Cc1ccccc1-n1ccn(Cc2cc(F)ccc2F)c(=O)c1=O. The highest BCUT2D eigenvalue weighted by atomic mass is 19.1. The largest absolute Gasteiger partial charge is 0.320 e. The molecule has 1 aromatic heterocycles. The first-order chi connectivity index (χ1) is 11.5. The van der Waals surface area contributed by atoms with Gasteiger partial charge in [0.05, 0.1) is 12.2 Å². The van der Waals surface area contributed by atoms with Gasteiger partial charge in [-0.05, 0) is 36.8 Å². The van der Waals surface area contributed by atoms with E-state index in [4.69, 9.17) is 0 Å². The van der Waals surface area contributed by atoms with Crippen LogP contribution in [0.5, 0.6) is 0 Å². The molecule has 0 aliphatic rings. The standard InChI is InChI=1S/C18H14F2N2O2/c1-12-4-2-3-5-16(12)22-9-8-21(17(23)18(22)24)11-13-10-14(19)6-7-15(13)20/h2-10H,11H2,1H3. The van der Waals surface area contributed by atoms with Gasteiger partial charge in [0.15, 0.2) is 0 Å². The van der Waals surface area contributed by atoms with E-state index in [9.17, 15) is 18.4 Å². The fourth-order valence-electron chi connectivity index (χ4n) is 2.50. The Morgan fingerprint density at radius 3 is 2.46 bits per heavy atom. The zero-order valence-electron chi connectivity index (χ0n) is 12.9. The Bertz CT molecular complexity index is 1020. The number of rotatable bonds is 3. The third-order valence-electron chi connectivity index (χ3n) is 3.78. The summed E-state index contributed by atoms with van der Waals surface area (Å²) in [6, 6.07) is 10.2. The lowest BCUT2D eigenvalue weighted by atomic mass is 10.2. The molecule has 3 aromatic rings. The first-order valence-electron chi connectivity index (χ1n) is 7.29. The number of hydrogen-bond donors (Lipinski definition) is 0. The molecule has 0 saturated heterocycles. The number of para-hydroxylation sites is 1. The zero-order valence-corrected chi connectivity index (χ0v) is 12.9. The molecule has 0 amide bonds. The van der Waals surface area contributed by atoms with E-state index in [-0.39, 0.29) is 12.1 Å². The van der Waals surface area contributed by atoms with Gasteiger partial charge in [-0.3, -0.25) is 14.2 Å². The molecular weight excluding hydrogens is 314 g/mol. The van der Waals surface area contributed by atoms with Crippen molar-refractivity contribution in [2.45, 2.75) is 13.5 Å². The van der Waals surface area contributed by atoms with Crippen LogP contribution in [0.3, 0.4) is 0 Å². The van der Waals surface area contributed by atoms with Crippen LogP contribution in [0.25, 0.3) is 5.69 Å². The zero-order chi connectivity index (χ0) is 17.3. The summed E-state index contributed by atoms with van der Waals surface area (Å²) in [6.45, 7) is 1.61. The molecule has 0 atom stereocenters. The molecule has 0 fully saturated rings. The molecule has 0 radical (unpaired) electrons. The third kappa shape index (κ3) is 2.90. The number of halogens is 2. The highest BCUT2D eigenvalue weighted by molar-refractivity contribution is 5.39.